The number of piperidine rings is 3. The number of carboxylic acid groups (broad SMARTS) is 1. The van der Waals surface area contributed by atoms with Crippen molar-refractivity contribution in [1.82, 2.24) is 0 Å². The molecule has 0 radical (unpaired) electrons. The molecule has 4 aliphatic rings. The van der Waals surface area contributed by atoms with Gasteiger partial charge in [-0.15, -0.1) is 11.3 Å². The smallest absolute Gasteiger partial charge is 0.430 e. The molecule has 1 N–H and O–H groups in total. The van der Waals surface area contributed by atoms with E-state index in [1.807, 2.05) is 17.5 Å². The molecule has 6 rings (SSSR count). The minimum absolute atomic E-state index is 0.0464. The number of carbonyl (C=O) groups is 2. The van der Waals surface area contributed by atoms with Crippen molar-refractivity contribution in [3.8, 4) is 0 Å². The minimum atomic E-state index is -5.19. The molecule has 10 heteroatoms. The standard InChI is InChI=1S/C27H36NO3S.C2HF3O2/c1-20(21-9-4-2-5-10-21)28-16-14-22(15-17-28)24(19-28)31-26(29)27(30,25-13-8-18-32-25)23-11-6-3-7-12-23;3-2(4,5)1(6)7/h2,4-5,8-10,13,18,20,22-24,30H,3,6-7,11-12,14-17,19H2,1H3;(H,6,7)/q+1;/p-1/t20?,22?,24-,27-,28?;/m0./s1. The maximum atomic E-state index is 13.7. The molecule has 4 heterocycles. The van der Waals surface area contributed by atoms with Gasteiger partial charge in [-0.3, -0.25) is 0 Å². The predicted molar refractivity (Wildman–Crippen MR) is 138 cm³/mol. The summed E-state index contributed by atoms with van der Waals surface area (Å²) < 4.78 is 38.8. The second kappa shape index (κ2) is 12.0. The third-order valence-corrected chi connectivity index (χ3v) is 9.95. The Labute approximate surface area is 231 Å². The van der Waals surface area contributed by atoms with Crippen LogP contribution in [0.5, 0.6) is 0 Å². The van der Waals surface area contributed by atoms with Crippen molar-refractivity contribution < 1.29 is 42.2 Å². The Balaban J connectivity index is 0.000000448. The Morgan fingerprint density at radius 1 is 1.03 bits per heavy atom. The van der Waals surface area contributed by atoms with Gasteiger partial charge in [0.1, 0.15) is 18.6 Å². The van der Waals surface area contributed by atoms with Gasteiger partial charge in [0.15, 0.2) is 11.7 Å². The Kier molecular flexibility index (Phi) is 9.08. The number of carboxylic acids is 1. The van der Waals surface area contributed by atoms with Crippen LogP contribution in [-0.4, -0.2) is 53.4 Å². The van der Waals surface area contributed by atoms with Crippen LogP contribution in [0, 0.1) is 11.8 Å². The normalized spacial score (nSPS) is 27.5. The molecule has 0 spiro atoms. The first-order chi connectivity index (χ1) is 18.5. The highest BCUT2D eigenvalue weighted by Gasteiger charge is 2.54. The Morgan fingerprint density at radius 3 is 2.18 bits per heavy atom. The molecule has 6 nitrogen and oxygen atoms in total. The molecule has 214 valence electrons. The monoisotopic (exact) mass is 567 g/mol. The molecule has 1 unspecified atom stereocenters. The van der Waals surface area contributed by atoms with Crippen molar-refractivity contribution in [2.45, 2.75) is 75.8 Å². The van der Waals surface area contributed by atoms with Gasteiger partial charge >= 0.3 is 12.1 Å². The summed E-state index contributed by atoms with van der Waals surface area (Å²) in [7, 11) is 0. The lowest BCUT2D eigenvalue weighted by molar-refractivity contribution is -0.972. The lowest BCUT2D eigenvalue weighted by Crippen LogP contribution is -2.65. The summed E-state index contributed by atoms with van der Waals surface area (Å²) in [4.78, 5) is 23.2. The Bertz CT molecular complexity index is 1100. The van der Waals surface area contributed by atoms with Gasteiger partial charge in [0.05, 0.1) is 13.1 Å². The van der Waals surface area contributed by atoms with Gasteiger partial charge < -0.3 is 24.2 Å². The first-order valence-electron chi connectivity index (χ1n) is 13.6. The average Bonchev–Trinajstić information content (AvgIpc) is 3.49. The van der Waals surface area contributed by atoms with Crippen LogP contribution < -0.4 is 5.11 Å². The molecule has 2 aromatic rings. The number of alkyl halides is 3. The van der Waals surface area contributed by atoms with Gasteiger partial charge in [-0.25, -0.2) is 4.79 Å². The second-order valence-electron chi connectivity index (χ2n) is 11.1. The Hall–Kier alpha value is -2.43. The number of fused-ring (bicyclic) bond motifs is 3. The number of rotatable bonds is 6. The molecule has 1 aromatic heterocycles. The molecule has 1 saturated carbocycles. The maximum absolute atomic E-state index is 13.7. The number of nitrogens with zero attached hydrogens (tertiary/aromatic N) is 1. The van der Waals surface area contributed by atoms with E-state index in [0.29, 0.717) is 12.0 Å². The summed E-state index contributed by atoms with van der Waals surface area (Å²) in [6.45, 7) is 5.47. The van der Waals surface area contributed by atoms with Crippen LogP contribution >= 0.6 is 11.3 Å². The molecule has 3 saturated heterocycles. The van der Waals surface area contributed by atoms with Gasteiger partial charge in [-0.05, 0) is 31.2 Å². The van der Waals surface area contributed by atoms with Crippen molar-refractivity contribution in [3.63, 3.8) is 0 Å². The van der Waals surface area contributed by atoms with Crippen LogP contribution in [0.2, 0.25) is 0 Å². The van der Waals surface area contributed by atoms with Crippen LogP contribution in [0.3, 0.4) is 0 Å². The molecule has 3 aliphatic heterocycles. The summed E-state index contributed by atoms with van der Waals surface area (Å²) in [5.41, 5.74) is -0.147. The van der Waals surface area contributed by atoms with Crippen molar-refractivity contribution in [1.29, 1.82) is 0 Å². The molecule has 4 fully saturated rings. The number of aliphatic hydroxyl groups is 1. The fraction of sp³-hybridized carbons (Fsp3) is 0.586. The number of thiophene rings is 1. The second-order valence-corrected chi connectivity index (χ2v) is 12.0. The SMILES string of the molecule is CC(c1ccccc1)[N+]12CCC(CC1)[C@@H](OC(=O)[C@@](O)(c1cccs1)C1CCCCC1)C2.O=C([O-])C(F)(F)F. The molecule has 1 aromatic carbocycles. The lowest BCUT2D eigenvalue weighted by atomic mass is 9.75. The highest BCUT2D eigenvalue weighted by molar-refractivity contribution is 7.10. The third kappa shape index (κ3) is 6.33. The minimum Gasteiger partial charge on any atom is -0.542 e. The maximum Gasteiger partial charge on any atom is 0.430 e. The molecule has 2 bridgehead atoms. The summed E-state index contributed by atoms with van der Waals surface area (Å²) in [5, 5.41) is 22.6. The van der Waals surface area contributed by atoms with Crippen LogP contribution in [-0.2, 0) is 19.9 Å². The highest BCUT2D eigenvalue weighted by Crippen LogP contribution is 2.45. The fourth-order valence-corrected chi connectivity index (χ4v) is 7.49. The number of ether oxygens (including phenoxy) is 1. The van der Waals surface area contributed by atoms with Gasteiger partial charge in [0, 0.05) is 35.1 Å². The van der Waals surface area contributed by atoms with Crippen molar-refractivity contribution >= 4 is 23.3 Å². The van der Waals surface area contributed by atoms with E-state index in [2.05, 4.69) is 37.3 Å². The third-order valence-electron chi connectivity index (χ3n) is 8.96. The molecule has 1 aliphatic carbocycles. The quantitative estimate of drug-likeness (QED) is 0.403. The first-order valence-corrected chi connectivity index (χ1v) is 14.5. The van der Waals surface area contributed by atoms with Gasteiger partial charge in [-0.2, -0.15) is 13.2 Å². The molecular formula is C29H36F3NO5S. The van der Waals surface area contributed by atoms with Crippen LogP contribution in [0.1, 0.15) is 68.4 Å². The number of halogens is 3. The van der Waals surface area contributed by atoms with E-state index >= 15 is 0 Å². The highest BCUT2D eigenvalue weighted by atomic mass is 32.1. The average molecular weight is 568 g/mol. The summed E-state index contributed by atoms with van der Waals surface area (Å²) >= 11 is 1.48. The molecule has 0 amide bonds. The first kappa shape index (κ1) is 29.6. The predicted octanol–water partition coefficient (Wildman–Crippen LogP) is 4.73. The zero-order valence-electron chi connectivity index (χ0n) is 22.1. The van der Waals surface area contributed by atoms with E-state index in [9.17, 15) is 23.1 Å². The summed E-state index contributed by atoms with van der Waals surface area (Å²) in [6, 6.07) is 15.0. The van der Waals surface area contributed by atoms with Gasteiger partial charge in [-0.1, -0.05) is 55.7 Å². The van der Waals surface area contributed by atoms with Crippen LogP contribution in [0.25, 0.3) is 0 Å². The number of aliphatic carboxylic acids is 1. The number of benzene rings is 1. The molecular weight excluding hydrogens is 531 g/mol. The fourth-order valence-electron chi connectivity index (χ4n) is 6.60. The zero-order valence-corrected chi connectivity index (χ0v) is 22.9. The van der Waals surface area contributed by atoms with E-state index in [-0.39, 0.29) is 12.0 Å². The van der Waals surface area contributed by atoms with E-state index in [1.54, 1.807) is 0 Å². The molecule has 3 atom stereocenters. The largest absolute Gasteiger partial charge is 0.542 e. The van der Waals surface area contributed by atoms with E-state index in [0.717, 1.165) is 67.5 Å². The van der Waals surface area contributed by atoms with E-state index in [1.165, 1.54) is 23.3 Å². The van der Waals surface area contributed by atoms with Crippen molar-refractivity contribution in [2.24, 2.45) is 11.8 Å². The van der Waals surface area contributed by atoms with Gasteiger partial charge in [0.2, 0.25) is 0 Å². The Morgan fingerprint density at radius 2 is 1.64 bits per heavy atom. The molecule has 39 heavy (non-hydrogen) atoms. The number of hydrogen-bond donors (Lipinski definition) is 1. The van der Waals surface area contributed by atoms with Crippen LogP contribution in [0.15, 0.2) is 47.8 Å². The van der Waals surface area contributed by atoms with Gasteiger partial charge in [0.25, 0.3) is 0 Å². The van der Waals surface area contributed by atoms with Crippen molar-refractivity contribution in [2.75, 3.05) is 19.6 Å². The topological polar surface area (TPSA) is 86.7 Å². The van der Waals surface area contributed by atoms with Crippen molar-refractivity contribution in [3.05, 3.63) is 58.3 Å². The number of quaternary nitrogens is 1. The summed E-state index contributed by atoms with van der Waals surface area (Å²) in [5.74, 6) is -3.04. The zero-order chi connectivity index (χ0) is 28.3. The van der Waals surface area contributed by atoms with E-state index in [4.69, 9.17) is 14.6 Å². The van der Waals surface area contributed by atoms with E-state index < -0.39 is 23.7 Å². The van der Waals surface area contributed by atoms with Crippen LogP contribution in [0.4, 0.5) is 13.2 Å². The summed E-state index contributed by atoms with van der Waals surface area (Å²) in [6.07, 6.45) is 2.01. The number of hydrogen-bond acceptors (Lipinski definition) is 6. The lowest BCUT2D eigenvalue weighted by Gasteiger charge is -2.55. The number of carbonyl (C=O) groups excluding carboxylic acids is 2. The number of esters is 1.